The molecule has 2 heterocycles. The summed E-state index contributed by atoms with van der Waals surface area (Å²) in [5, 5.41) is 0. The smallest absolute Gasteiger partial charge is 0.262 e. The fourth-order valence-corrected chi connectivity index (χ4v) is 2.68. The van der Waals surface area contributed by atoms with Crippen molar-refractivity contribution >= 4 is 17.4 Å². The maximum atomic E-state index is 12.7. The highest BCUT2D eigenvalue weighted by Gasteiger charge is 2.24. The maximum Gasteiger partial charge on any atom is 0.262 e. The van der Waals surface area contributed by atoms with Gasteiger partial charge in [0.05, 0.1) is 5.56 Å². The van der Waals surface area contributed by atoms with E-state index in [1.54, 1.807) is 18.3 Å². The van der Waals surface area contributed by atoms with Gasteiger partial charge in [0.15, 0.2) is 0 Å². The number of aromatic nitrogens is 1. The zero-order chi connectivity index (χ0) is 14.1. The van der Waals surface area contributed by atoms with E-state index >= 15 is 0 Å². The summed E-state index contributed by atoms with van der Waals surface area (Å²) in [6.07, 6.45) is 3.59. The van der Waals surface area contributed by atoms with Crippen LogP contribution in [0.5, 0.6) is 0 Å². The molecule has 4 heteroatoms. The third kappa shape index (κ3) is 2.13. The number of amides is 1. The molecule has 0 saturated heterocycles. The first-order valence-corrected chi connectivity index (χ1v) is 6.78. The number of anilines is 2. The van der Waals surface area contributed by atoms with Crippen molar-refractivity contribution < 1.29 is 4.79 Å². The second-order valence-electron chi connectivity index (χ2n) is 5.13. The van der Waals surface area contributed by atoms with Crippen LogP contribution in [0.2, 0.25) is 0 Å². The number of hydrogen-bond donors (Lipinski definition) is 1. The fourth-order valence-electron chi connectivity index (χ4n) is 2.68. The molecule has 0 unspecified atom stereocenters. The lowest BCUT2D eigenvalue weighted by molar-refractivity contribution is 0.0985. The van der Waals surface area contributed by atoms with E-state index in [9.17, 15) is 4.79 Å². The van der Waals surface area contributed by atoms with E-state index in [0.29, 0.717) is 5.56 Å². The minimum absolute atomic E-state index is 0.0691. The van der Waals surface area contributed by atoms with E-state index in [4.69, 9.17) is 5.73 Å². The van der Waals surface area contributed by atoms with Crippen molar-refractivity contribution in [3.8, 4) is 0 Å². The number of hydrogen-bond acceptors (Lipinski definition) is 3. The van der Waals surface area contributed by atoms with Crippen LogP contribution >= 0.6 is 0 Å². The van der Waals surface area contributed by atoms with E-state index in [0.717, 1.165) is 25.1 Å². The third-order valence-electron chi connectivity index (χ3n) is 3.67. The van der Waals surface area contributed by atoms with Crippen LogP contribution in [0.3, 0.4) is 0 Å². The number of nitrogens with two attached hydrogens (primary N) is 1. The van der Waals surface area contributed by atoms with Gasteiger partial charge in [-0.1, -0.05) is 17.7 Å². The number of carbonyl (C=O) groups is 1. The average molecular weight is 267 g/mol. The summed E-state index contributed by atoms with van der Waals surface area (Å²) in [6.45, 7) is 2.80. The fraction of sp³-hybridized carbons (Fsp3) is 0.250. The molecular weight excluding hydrogens is 250 g/mol. The van der Waals surface area contributed by atoms with Crippen LogP contribution in [0.25, 0.3) is 0 Å². The number of rotatable bonds is 1. The summed E-state index contributed by atoms with van der Waals surface area (Å²) < 4.78 is 0. The number of nitrogen functional groups attached to an aromatic ring is 1. The molecule has 0 radical (unpaired) electrons. The van der Waals surface area contributed by atoms with Gasteiger partial charge in [-0.15, -0.1) is 0 Å². The quantitative estimate of drug-likeness (QED) is 0.863. The normalized spacial score (nSPS) is 13.9. The molecule has 1 aromatic heterocycles. The Balaban J connectivity index is 2.01. The van der Waals surface area contributed by atoms with Crippen LogP contribution in [-0.4, -0.2) is 17.4 Å². The molecule has 0 aliphatic carbocycles. The molecule has 20 heavy (non-hydrogen) atoms. The molecule has 0 fully saturated rings. The van der Waals surface area contributed by atoms with E-state index < -0.39 is 0 Å². The SMILES string of the molecule is Cc1ccc2c(c1)CCCN2C(=O)c1cccnc1N. The van der Waals surface area contributed by atoms with Crippen molar-refractivity contribution in [2.45, 2.75) is 19.8 Å². The number of pyridine rings is 1. The summed E-state index contributed by atoms with van der Waals surface area (Å²) >= 11 is 0. The Morgan fingerprint density at radius 1 is 1.35 bits per heavy atom. The number of benzene rings is 1. The molecule has 1 aliphatic heterocycles. The highest BCUT2D eigenvalue weighted by atomic mass is 16.2. The van der Waals surface area contributed by atoms with Gasteiger partial charge in [0.2, 0.25) is 0 Å². The Morgan fingerprint density at radius 3 is 3.00 bits per heavy atom. The molecule has 0 spiro atoms. The van der Waals surface area contributed by atoms with Crippen molar-refractivity contribution in [3.63, 3.8) is 0 Å². The van der Waals surface area contributed by atoms with Gasteiger partial charge in [-0.25, -0.2) is 4.98 Å². The van der Waals surface area contributed by atoms with Gasteiger partial charge >= 0.3 is 0 Å². The Labute approximate surface area is 118 Å². The first-order chi connectivity index (χ1) is 9.66. The molecule has 102 valence electrons. The minimum Gasteiger partial charge on any atom is -0.383 e. The summed E-state index contributed by atoms with van der Waals surface area (Å²) in [7, 11) is 0. The molecule has 3 rings (SSSR count). The van der Waals surface area contributed by atoms with Crippen LogP contribution in [-0.2, 0) is 6.42 Å². The van der Waals surface area contributed by atoms with Crippen LogP contribution < -0.4 is 10.6 Å². The van der Waals surface area contributed by atoms with Gasteiger partial charge in [-0.2, -0.15) is 0 Å². The summed E-state index contributed by atoms with van der Waals surface area (Å²) in [4.78, 5) is 18.5. The lowest BCUT2D eigenvalue weighted by atomic mass is 9.99. The van der Waals surface area contributed by atoms with Gasteiger partial charge in [-0.05, 0) is 43.5 Å². The van der Waals surface area contributed by atoms with Gasteiger partial charge < -0.3 is 10.6 Å². The lowest BCUT2D eigenvalue weighted by Gasteiger charge is -2.30. The summed E-state index contributed by atoms with van der Waals surface area (Å²) in [5.74, 6) is 0.220. The van der Waals surface area contributed by atoms with Crippen LogP contribution in [0.1, 0.15) is 27.9 Å². The predicted molar refractivity (Wildman–Crippen MR) is 79.8 cm³/mol. The van der Waals surface area contributed by atoms with Crippen LogP contribution in [0.4, 0.5) is 11.5 Å². The summed E-state index contributed by atoms with van der Waals surface area (Å²) in [5.41, 5.74) is 9.73. The van der Waals surface area contributed by atoms with Crippen LogP contribution in [0.15, 0.2) is 36.5 Å². The minimum atomic E-state index is -0.0691. The Hall–Kier alpha value is -2.36. The van der Waals surface area contributed by atoms with E-state index in [-0.39, 0.29) is 11.7 Å². The monoisotopic (exact) mass is 267 g/mol. The molecule has 0 saturated carbocycles. The Bertz CT molecular complexity index is 667. The molecule has 2 aromatic rings. The zero-order valence-corrected chi connectivity index (χ0v) is 11.5. The number of nitrogens with zero attached hydrogens (tertiary/aromatic N) is 2. The third-order valence-corrected chi connectivity index (χ3v) is 3.67. The number of fused-ring (bicyclic) bond motifs is 1. The number of aryl methyl sites for hydroxylation is 2. The molecule has 1 aliphatic rings. The maximum absolute atomic E-state index is 12.7. The van der Waals surface area contributed by atoms with Gasteiger partial charge in [0.1, 0.15) is 5.82 Å². The molecular formula is C16H17N3O. The van der Waals surface area contributed by atoms with E-state index in [1.165, 1.54) is 11.1 Å². The van der Waals surface area contributed by atoms with Crippen molar-refractivity contribution in [2.24, 2.45) is 0 Å². The highest BCUT2D eigenvalue weighted by molar-refractivity contribution is 6.09. The number of carbonyl (C=O) groups excluding carboxylic acids is 1. The second kappa shape index (κ2) is 4.96. The van der Waals surface area contributed by atoms with Gasteiger partial charge in [0, 0.05) is 18.4 Å². The molecule has 1 amide bonds. The molecule has 4 nitrogen and oxygen atoms in total. The van der Waals surface area contributed by atoms with Gasteiger partial charge in [0.25, 0.3) is 5.91 Å². The summed E-state index contributed by atoms with van der Waals surface area (Å²) in [6, 6.07) is 9.68. The standard InChI is InChI=1S/C16H17N3O/c1-11-6-7-14-12(10-11)4-3-9-19(14)16(20)13-5-2-8-18-15(13)17/h2,5-8,10H,3-4,9H2,1H3,(H2,17,18). The lowest BCUT2D eigenvalue weighted by Crippen LogP contribution is -2.36. The average Bonchev–Trinajstić information content (AvgIpc) is 2.46. The molecule has 2 N–H and O–H groups in total. The van der Waals surface area contributed by atoms with Gasteiger partial charge in [-0.3, -0.25) is 4.79 Å². The first kappa shape index (κ1) is 12.7. The highest BCUT2D eigenvalue weighted by Crippen LogP contribution is 2.29. The Morgan fingerprint density at radius 2 is 2.20 bits per heavy atom. The van der Waals surface area contributed by atoms with E-state index in [1.807, 2.05) is 17.0 Å². The molecule has 0 atom stereocenters. The Kier molecular flexibility index (Phi) is 3.14. The van der Waals surface area contributed by atoms with Crippen molar-refractivity contribution in [3.05, 3.63) is 53.2 Å². The second-order valence-corrected chi connectivity index (χ2v) is 5.13. The van der Waals surface area contributed by atoms with Crippen molar-refractivity contribution in [1.29, 1.82) is 0 Å². The zero-order valence-electron chi connectivity index (χ0n) is 11.5. The largest absolute Gasteiger partial charge is 0.383 e. The predicted octanol–water partition coefficient (Wildman–Crippen LogP) is 2.57. The van der Waals surface area contributed by atoms with Crippen molar-refractivity contribution in [1.82, 2.24) is 4.98 Å². The van der Waals surface area contributed by atoms with E-state index in [2.05, 4.69) is 18.0 Å². The molecule has 0 bridgehead atoms. The van der Waals surface area contributed by atoms with Crippen molar-refractivity contribution in [2.75, 3.05) is 17.2 Å². The van der Waals surface area contributed by atoms with Crippen LogP contribution in [0, 0.1) is 6.92 Å². The first-order valence-electron chi connectivity index (χ1n) is 6.78. The molecule has 1 aromatic carbocycles. The topological polar surface area (TPSA) is 59.2 Å².